The first-order valence-electron chi connectivity index (χ1n) is 4.02. The Kier molecular flexibility index (Phi) is 3.46. The summed E-state index contributed by atoms with van der Waals surface area (Å²) in [6.07, 6.45) is 4.27. The van der Waals surface area contributed by atoms with Gasteiger partial charge in [0.25, 0.3) is 0 Å². The molecule has 0 fully saturated rings. The molecular weight excluding hydrogens is 282 g/mol. The quantitative estimate of drug-likeness (QED) is 0.715. The number of carbonyl (C=O) groups excluding carboxylic acids is 1. The van der Waals surface area contributed by atoms with E-state index in [1.54, 1.807) is 0 Å². The van der Waals surface area contributed by atoms with E-state index in [0.29, 0.717) is 10.3 Å². The third-order valence-electron chi connectivity index (χ3n) is 2.18. The molecule has 79 valence electrons. The molecule has 0 atom stereocenters. The minimum absolute atomic E-state index is 0.536. The molecule has 0 saturated carbocycles. The van der Waals surface area contributed by atoms with Crippen LogP contribution in [0.5, 0.6) is 0 Å². The summed E-state index contributed by atoms with van der Waals surface area (Å²) in [6.45, 7) is 1.83. The van der Waals surface area contributed by atoms with E-state index in [9.17, 15) is 4.79 Å². The van der Waals surface area contributed by atoms with Crippen LogP contribution >= 0.6 is 27.9 Å². The fraction of sp³-hybridized carbons (Fsp3) is 0.375. The molecule has 0 heterocycles. The van der Waals surface area contributed by atoms with Crippen molar-refractivity contribution in [2.24, 2.45) is 0 Å². The van der Waals surface area contributed by atoms with Crippen molar-refractivity contribution in [2.45, 2.75) is 13.3 Å². The summed E-state index contributed by atoms with van der Waals surface area (Å²) in [5, 5.41) is 0. The third kappa shape index (κ3) is 2.05. The zero-order valence-electron chi connectivity index (χ0n) is 7.81. The summed E-state index contributed by atoms with van der Waals surface area (Å²) in [6, 6.07) is 0. The second-order valence-electron chi connectivity index (χ2n) is 3.17. The number of ether oxygens (including phenoxy) is 1. The number of hydrogen-bond acceptors (Lipinski definition) is 2. The van der Waals surface area contributed by atoms with E-state index >= 15 is 0 Å². The number of carbonyl (C=O) groups is 1. The summed E-state index contributed by atoms with van der Waals surface area (Å²) in [4.78, 5) is 11.5. The summed E-state index contributed by atoms with van der Waals surface area (Å²) in [5.41, 5.74) is 0.868. The molecule has 14 heavy (non-hydrogen) atoms. The molecule has 1 aliphatic rings. The average Bonchev–Trinajstić information content (AvgIpc) is 2.50. The van der Waals surface area contributed by atoms with Gasteiger partial charge in [-0.2, -0.15) is 0 Å². The van der Waals surface area contributed by atoms with Gasteiger partial charge in [0, 0.05) is 0 Å². The molecule has 0 aromatic carbocycles. The Balaban J connectivity index is 3.18. The summed E-state index contributed by atoms with van der Waals surface area (Å²) in [5.74, 6) is 0. The zero-order chi connectivity index (χ0) is 11.0. The van der Waals surface area contributed by atoms with E-state index in [0.717, 1.165) is 5.57 Å². The van der Waals surface area contributed by atoms with Gasteiger partial charge >= 0.3 is 95.9 Å². The SMILES string of the molecule is CO[C](=O)[Ti]([Cl])([Cl])([Cl])[C]1=C(C)C=CC1. The van der Waals surface area contributed by atoms with Crippen molar-refractivity contribution in [1.82, 2.24) is 0 Å². The van der Waals surface area contributed by atoms with Crippen LogP contribution in [0.15, 0.2) is 21.6 Å². The Morgan fingerprint density at radius 2 is 2.07 bits per heavy atom. The van der Waals surface area contributed by atoms with Gasteiger partial charge < -0.3 is 0 Å². The van der Waals surface area contributed by atoms with Gasteiger partial charge in [0.05, 0.1) is 0 Å². The summed E-state index contributed by atoms with van der Waals surface area (Å²) < 4.78 is 4.52. The molecule has 1 aliphatic carbocycles. The Labute approximate surface area is 95.4 Å². The predicted molar refractivity (Wildman–Crippen MR) is 56.4 cm³/mol. The first-order chi connectivity index (χ1) is 6.28. The van der Waals surface area contributed by atoms with Crippen LogP contribution in [0.4, 0.5) is 4.79 Å². The van der Waals surface area contributed by atoms with Crippen molar-refractivity contribution in [3.05, 3.63) is 21.6 Å². The van der Waals surface area contributed by atoms with E-state index in [-0.39, 0.29) is 0 Å². The van der Waals surface area contributed by atoms with Crippen LogP contribution in [0.25, 0.3) is 0 Å². The van der Waals surface area contributed by atoms with Gasteiger partial charge in [-0.15, -0.1) is 0 Å². The first-order valence-corrected chi connectivity index (χ1v) is 12.0. The standard InChI is InChI=1S/C6H7.C2H3O2.3ClH.Ti/c1-6-4-2-3-5-6;1-4-2-3;;;;/h2,4H,3H2,1H3;1H3;3*1H;/q;;;;;+3/p-3. The maximum absolute atomic E-state index is 11.5. The monoisotopic (exact) mass is 291 g/mol. The summed E-state index contributed by atoms with van der Waals surface area (Å²) in [7, 11) is 19.5. The van der Waals surface area contributed by atoms with E-state index in [1.165, 1.54) is 7.11 Å². The van der Waals surface area contributed by atoms with Crippen molar-refractivity contribution in [3.63, 3.8) is 0 Å². The Morgan fingerprint density at radius 1 is 1.50 bits per heavy atom. The van der Waals surface area contributed by atoms with Crippen molar-refractivity contribution in [2.75, 3.05) is 7.11 Å². The molecule has 0 bridgehead atoms. The van der Waals surface area contributed by atoms with E-state index in [2.05, 4.69) is 4.74 Å². The topological polar surface area (TPSA) is 26.3 Å². The molecule has 2 nitrogen and oxygen atoms in total. The molecule has 0 aromatic heterocycles. The molecule has 6 heteroatoms. The van der Waals surface area contributed by atoms with Gasteiger partial charge in [0.1, 0.15) is 0 Å². The molecule has 1 rings (SSSR count). The van der Waals surface area contributed by atoms with Crippen LogP contribution in [0, 0.1) is 0 Å². The third-order valence-corrected chi connectivity index (χ3v) is 10.7. The van der Waals surface area contributed by atoms with E-state index < -0.39 is 16.4 Å². The normalized spacial score (nSPS) is 19.4. The Bertz CT molecular complexity index is 338. The molecule has 0 aliphatic heterocycles. The van der Waals surface area contributed by atoms with Crippen LogP contribution in [0.2, 0.25) is 0 Å². The number of allylic oxidation sites excluding steroid dienone is 4. The predicted octanol–water partition coefficient (Wildman–Crippen LogP) is 4.14. The molecule has 0 amide bonds. The fourth-order valence-corrected chi connectivity index (χ4v) is 7.89. The second-order valence-corrected chi connectivity index (χ2v) is 19.3. The molecule has 0 aromatic rings. The van der Waals surface area contributed by atoms with E-state index in [4.69, 9.17) is 27.9 Å². The maximum atomic E-state index is 11.5. The zero-order valence-corrected chi connectivity index (χ0v) is 11.6. The van der Waals surface area contributed by atoms with Gasteiger partial charge in [-0.3, -0.25) is 0 Å². The van der Waals surface area contributed by atoms with Crippen LogP contribution < -0.4 is 0 Å². The Hall–Kier alpha value is 0.534. The molecular formula is C8H10Cl3O2Ti. The fourth-order valence-electron chi connectivity index (χ4n) is 1.39. The van der Waals surface area contributed by atoms with E-state index in [1.807, 2.05) is 19.1 Å². The van der Waals surface area contributed by atoms with Gasteiger partial charge in [0.15, 0.2) is 0 Å². The van der Waals surface area contributed by atoms with Crippen molar-refractivity contribution < 1.29 is 21.7 Å². The van der Waals surface area contributed by atoms with Crippen LogP contribution in [-0.2, 0) is 16.9 Å². The molecule has 0 saturated heterocycles. The van der Waals surface area contributed by atoms with Crippen molar-refractivity contribution in [3.8, 4) is 0 Å². The summed E-state index contributed by atoms with van der Waals surface area (Å²) >= 11 is -4.76. The minimum atomic E-state index is -4.76. The van der Waals surface area contributed by atoms with Crippen molar-refractivity contribution in [1.29, 1.82) is 0 Å². The van der Waals surface area contributed by atoms with Crippen LogP contribution in [-0.4, -0.2) is 11.4 Å². The van der Waals surface area contributed by atoms with Gasteiger partial charge in [0.2, 0.25) is 0 Å². The first kappa shape index (κ1) is 12.6. The van der Waals surface area contributed by atoms with Gasteiger partial charge in [-0.25, -0.2) is 0 Å². The van der Waals surface area contributed by atoms with Gasteiger partial charge in [-0.05, 0) is 0 Å². The average molecular weight is 292 g/mol. The molecule has 0 N–H and O–H groups in total. The van der Waals surface area contributed by atoms with Gasteiger partial charge in [-0.1, -0.05) is 0 Å². The number of rotatable bonds is 2. The number of halogens is 3. The Morgan fingerprint density at radius 3 is 2.43 bits per heavy atom. The molecule has 0 unspecified atom stereocenters. The molecule has 0 spiro atoms. The van der Waals surface area contributed by atoms with Crippen LogP contribution in [0.3, 0.4) is 0 Å². The molecule has 0 radical (unpaired) electrons. The van der Waals surface area contributed by atoms with Crippen molar-refractivity contribution >= 4 is 32.2 Å². The second kappa shape index (κ2) is 3.84. The van der Waals surface area contributed by atoms with Crippen LogP contribution in [0.1, 0.15) is 13.3 Å². The number of methoxy groups -OCH3 is 1. The number of hydrogen-bond donors (Lipinski definition) is 0.